The van der Waals surface area contributed by atoms with E-state index in [4.69, 9.17) is 11.6 Å². The van der Waals surface area contributed by atoms with Crippen molar-refractivity contribution in [2.75, 3.05) is 31.5 Å². The van der Waals surface area contributed by atoms with E-state index in [1.807, 2.05) is 30.3 Å². The van der Waals surface area contributed by atoms with Crippen molar-refractivity contribution >= 4 is 33.2 Å². The molecular formula is C22H26ClN3O3S. The quantitative estimate of drug-likeness (QED) is 0.756. The maximum absolute atomic E-state index is 13.1. The summed E-state index contributed by atoms with van der Waals surface area (Å²) in [4.78, 5) is 14.8. The Labute approximate surface area is 182 Å². The first-order valence-corrected chi connectivity index (χ1v) is 12.2. The second-order valence-electron chi connectivity index (χ2n) is 7.86. The number of nitrogens with zero attached hydrogens (tertiary/aromatic N) is 2. The number of benzene rings is 2. The Bertz CT molecular complexity index is 1010. The van der Waals surface area contributed by atoms with Crippen molar-refractivity contribution in [3.63, 3.8) is 0 Å². The summed E-state index contributed by atoms with van der Waals surface area (Å²) in [5, 5.41) is 3.60. The number of piperidine rings is 1. The number of amides is 1. The molecule has 0 spiro atoms. The average Bonchev–Trinajstić information content (AvgIpc) is 3.23. The normalized spacial score (nSPS) is 20.3. The zero-order valence-electron chi connectivity index (χ0n) is 16.8. The van der Waals surface area contributed by atoms with Crippen LogP contribution in [-0.2, 0) is 10.0 Å². The van der Waals surface area contributed by atoms with Crippen LogP contribution in [0.1, 0.15) is 36.0 Å². The van der Waals surface area contributed by atoms with Gasteiger partial charge in [0.05, 0.1) is 5.02 Å². The Morgan fingerprint density at radius 1 is 1.00 bits per heavy atom. The lowest BCUT2D eigenvalue weighted by Gasteiger charge is -2.26. The van der Waals surface area contributed by atoms with E-state index in [0.29, 0.717) is 31.7 Å². The molecule has 4 rings (SSSR count). The summed E-state index contributed by atoms with van der Waals surface area (Å²) in [5.41, 5.74) is 1.38. The summed E-state index contributed by atoms with van der Waals surface area (Å²) in [5.74, 6) is -0.167. The number of nitrogens with one attached hydrogen (secondary N) is 1. The van der Waals surface area contributed by atoms with Gasteiger partial charge in [0.1, 0.15) is 4.90 Å². The van der Waals surface area contributed by atoms with Gasteiger partial charge in [-0.25, -0.2) is 8.42 Å². The van der Waals surface area contributed by atoms with Crippen molar-refractivity contribution in [1.82, 2.24) is 9.21 Å². The maximum atomic E-state index is 13.1. The lowest BCUT2D eigenvalue weighted by molar-refractivity contribution is 0.0791. The number of anilines is 1. The average molecular weight is 448 g/mol. The van der Waals surface area contributed by atoms with Crippen molar-refractivity contribution < 1.29 is 13.2 Å². The van der Waals surface area contributed by atoms with E-state index in [1.165, 1.54) is 16.4 Å². The van der Waals surface area contributed by atoms with Crippen LogP contribution < -0.4 is 5.32 Å². The van der Waals surface area contributed by atoms with Crippen molar-refractivity contribution in [3.05, 3.63) is 59.1 Å². The maximum Gasteiger partial charge on any atom is 0.253 e. The molecule has 1 N–H and O–H groups in total. The minimum absolute atomic E-state index is 0.0232. The second kappa shape index (κ2) is 8.96. The van der Waals surface area contributed by atoms with Crippen LogP contribution in [0.25, 0.3) is 0 Å². The molecule has 30 heavy (non-hydrogen) atoms. The molecule has 2 aliphatic rings. The van der Waals surface area contributed by atoms with Gasteiger partial charge >= 0.3 is 0 Å². The van der Waals surface area contributed by atoms with E-state index < -0.39 is 10.0 Å². The first-order valence-electron chi connectivity index (χ1n) is 10.4. The number of likely N-dealkylation sites (tertiary alicyclic amines) is 1. The Hall–Kier alpha value is -2.09. The fourth-order valence-electron chi connectivity index (χ4n) is 4.09. The topological polar surface area (TPSA) is 69.7 Å². The molecule has 1 atom stereocenters. The van der Waals surface area contributed by atoms with Gasteiger partial charge in [-0.1, -0.05) is 36.2 Å². The molecule has 2 aromatic carbocycles. The second-order valence-corrected chi connectivity index (χ2v) is 10.2. The van der Waals surface area contributed by atoms with Crippen LogP contribution in [0.4, 0.5) is 5.69 Å². The van der Waals surface area contributed by atoms with Crippen LogP contribution >= 0.6 is 11.6 Å². The van der Waals surface area contributed by atoms with Crippen LogP contribution in [0.15, 0.2) is 53.4 Å². The van der Waals surface area contributed by atoms with Crippen molar-refractivity contribution in [3.8, 4) is 0 Å². The van der Waals surface area contributed by atoms with E-state index >= 15 is 0 Å². The van der Waals surface area contributed by atoms with Gasteiger partial charge in [0.15, 0.2) is 0 Å². The highest BCUT2D eigenvalue weighted by Gasteiger charge is 2.31. The lowest BCUT2D eigenvalue weighted by atomic mass is 10.2. The molecule has 2 heterocycles. The molecule has 0 aromatic heterocycles. The van der Waals surface area contributed by atoms with Crippen LogP contribution in [0.2, 0.25) is 5.02 Å². The summed E-state index contributed by atoms with van der Waals surface area (Å²) >= 11 is 6.24. The molecule has 2 saturated heterocycles. The van der Waals surface area contributed by atoms with E-state index in [9.17, 15) is 13.2 Å². The molecule has 1 unspecified atom stereocenters. The molecule has 8 heteroatoms. The highest BCUT2D eigenvalue weighted by Crippen LogP contribution is 2.29. The molecule has 160 valence electrons. The highest BCUT2D eigenvalue weighted by molar-refractivity contribution is 7.89. The zero-order chi connectivity index (χ0) is 21.1. The lowest BCUT2D eigenvalue weighted by Crippen LogP contribution is -2.36. The van der Waals surface area contributed by atoms with E-state index in [-0.39, 0.29) is 21.9 Å². The number of hydrogen-bond acceptors (Lipinski definition) is 4. The summed E-state index contributed by atoms with van der Waals surface area (Å²) in [7, 11) is -3.71. The van der Waals surface area contributed by atoms with Gasteiger partial charge in [-0.3, -0.25) is 4.79 Å². The SMILES string of the molecule is O=C(c1ccc(Cl)c(S(=O)(=O)N2CCCCC2)c1)N1CCC(Nc2ccccc2)C1. The van der Waals surface area contributed by atoms with E-state index in [0.717, 1.165) is 31.4 Å². The number of hydrogen-bond donors (Lipinski definition) is 1. The summed E-state index contributed by atoms with van der Waals surface area (Å²) in [6, 6.07) is 14.6. The summed E-state index contributed by atoms with van der Waals surface area (Å²) < 4.78 is 27.6. The molecule has 0 saturated carbocycles. The Kier molecular flexibility index (Phi) is 6.32. The Morgan fingerprint density at radius 2 is 1.73 bits per heavy atom. The minimum Gasteiger partial charge on any atom is -0.380 e. The van der Waals surface area contributed by atoms with E-state index in [1.54, 1.807) is 11.0 Å². The van der Waals surface area contributed by atoms with Crippen LogP contribution in [0.3, 0.4) is 0 Å². The molecule has 0 radical (unpaired) electrons. The van der Waals surface area contributed by atoms with Crippen LogP contribution in [-0.4, -0.2) is 55.8 Å². The highest BCUT2D eigenvalue weighted by atomic mass is 35.5. The number of halogens is 1. The van der Waals surface area contributed by atoms with Gasteiger partial charge in [-0.05, 0) is 49.6 Å². The van der Waals surface area contributed by atoms with Gasteiger partial charge in [0, 0.05) is 43.5 Å². The predicted molar refractivity (Wildman–Crippen MR) is 118 cm³/mol. The van der Waals surface area contributed by atoms with E-state index in [2.05, 4.69) is 5.32 Å². The van der Waals surface area contributed by atoms with Gasteiger partial charge in [-0.15, -0.1) is 0 Å². The van der Waals surface area contributed by atoms with Crippen molar-refractivity contribution in [2.45, 2.75) is 36.6 Å². The third-order valence-electron chi connectivity index (χ3n) is 5.73. The van der Waals surface area contributed by atoms with Crippen molar-refractivity contribution in [1.29, 1.82) is 0 Å². The molecule has 2 fully saturated rings. The smallest absolute Gasteiger partial charge is 0.253 e. The standard InChI is InChI=1S/C22H26ClN3O3S/c23-20-10-9-17(15-21(20)30(28,29)26-12-5-2-6-13-26)22(27)25-14-11-19(16-25)24-18-7-3-1-4-8-18/h1,3-4,7-10,15,19,24H,2,5-6,11-14,16H2. The van der Waals surface area contributed by atoms with Gasteiger partial charge in [0.25, 0.3) is 5.91 Å². The van der Waals surface area contributed by atoms with Gasteiger partial charge in [-0.2, -0.15) is 4.31 Å². The molecule has 1 amide bonds. The fourth-order valence-corrected chi connectivity index (χ4v) is 6.11. The number of carbonyl (C=O) groups is 1. The minimum atomic E-state index is -3.71. The number of sulfonamides is 1. The van der Waals surface area contributed by atoms with Gasteiger partial charge in [0.2, 0.25) is 10.0 Å². The molecule has 2 aliphatic heterocycles. The van der Waals surface area contributed by atoms with Crippen molar-refractivity contribution in [2.24, 2.45) is 0 Å². The van der Waals surface area contributed by atoms with Crippen LogP contribution in [0, 0.1) is 0 Å². The monoisotopic (exact) mass is 447 g/mol. The molecular weight excluding hydrogens is 422 g/mol. The number of rotatable bonds is 5. The first-order chi connectivity index (χ1) is 14.4. The molecule has 0 aliphatic carbocycles. The zero-order valence-corrected chi connectivity index (χ0v) is 18.3. The molecule has 2 aromatic rings. The third kappa shape index (κ3) is 4.48. The molecule has 6 nitrogen and oxygen atoms in total. The number of para-hydroxylation sites is 1. The third-order valence-corrected chi connectivity index (χ3v) is 8.11. The summed E-state index contributed by atoms with van der Waals surface area (Å²) in [6.45, 7) is 2.19. The van der Waals surface area contributed by atoms with Gasteiger partial charge < -0.3 is 10.2 Å². The first kappa shape index (κ1) is 21.2. The Morgan fingerprint density at radius 3 is 2.47 bits per heavy atom. The largest absolute Gasteiger partial charge is 0.380 e. The van der Waals surface area contributed by atoms with Crippen LogP contribution in [0.5, 0.6) is 0 Å². The molecule has 0 bridgehead atoms. The summed E-state index contributed by atoms with van der Waals surface area (Å²) in [6.07, 6.45) is 3.57. The predicted octanol–water partition coefficient (Wildman–Crippen LogP) is 3.84. The number of carbonyl (C=O) groups excluding carboxylic acids is 1. The fraction of sp³-hybridized carbons (Fsp3) is 0.409. The Balaban J connectivity index is 1.49.